The number of esters is 1. The molecule has 2 fully saturated rings. The highest BCUT2D eigenvalue weighted by molar-refractivity contribution is 5.94. The summed E-state index contributed by atoms with van der Waals surface area (Å²) in [7, 11) is 1.45. The summed E-state index contributed by atoms with van der Waals surface area (Å²) in [6.07, 6.45) is 3.65. The Labute approximate surface area is 233 Å². The smallest absolute Gasteiger partial charge is 0.308 e. The first kappa shape index (κ1) is 26.5. The van der Waals surface area contributed by atoms with Crippen molar-refractivity contribution in [1.82, 2.24) is 4.57 Å². The summed E-state index contributed by atoms with van der Waals surface area (Å²) in [5.74, 6) is 0.126. The summed E-state index contributed by atoms with van der Waals surface area (Å²) in [5, 5.41) is 0.923. The van der Waals surface area contributed by atoms with Crippen LogP contribution in [0.25, 0.3) is 16.6 Å². The number of hydrogen-bond acceptors (Lipinski definition) is 3. The maximum atomic E-state index is 15.2. The first-order valence-electron chi connectivity index (χ1n) is 14.1. The van der Waals surface area contributed by atoms with E-state index in [0.29, 0.717) is 17.9 Å². The molecule has 40 heavy (non-hydrogen) atoms. The van der Waals surface area contributed by atoms with Crippen LogP contribution in [0, 0.1) is 29.9 Å². The third-order valence-corrected chi connectivity index (χ3v) is 8.92. The van der Waals surface area contributed by atoms with Crippen molar-refractivity contribution in [3.63, 3.8) is 0 Å². The molecular formula is C34H35F2NO3. The summed E-state index contributed by atoms with van der Waals surface area (Å²) in [4.78, 5) is 12.1. The van der Waals surface area contributed by atoms with E-state index < -0.39 is 0 Å². The van der Waals surface area contributed by atoms with Gasteiger partial charge in [-0.1, -0.05) is 44.2 Å². The lowest BCUT2D eigenvalue weighted by Crippen LogP contribution is -2.49. The number of aryl methyl sites for hydroxylation is 1. The molecule has 2 aliphatic carbocycles. The Hall–Kier alpha value is -3.67. The molecule has 6 heteroatoms. The van der Waals surface area contributed by atoms with Crippen LogP contribution in [-0.4, -0.2) is 17.6 Å². The molecule has 2 saturated carbocycles. The zero-order valence-corrected chi connectivity index (χ0v) is 23.5. The summed E-state index contributed by atoms with van der Waals surface area (Å²) in [6.45, 7) is 6.37. The highest BCUT2D eigenvalue weighted by atomic mass is 19.1. The SMILES string of the molecule is COC(=O)C1CC2(C1)CC(c1c(C(C)C)n(-c3ccc(F)c(C)c3)c3cc(F)cc(OCc4ccccc4)c13)C2. The number of carbonyl (C=O) groups excluding carboxylic acids is 1. The topological polar surface area (TPSA) is 40.5 Å². The van der Waals surface area contributed by atoms with Crippen LogP contribution >= 0.6 is 0 Å². The van der Waals surface area contributed by atoms with Gasteiger partial charge < -0.3 is 14.0 Å². The number of halogens is 2. The third-order valence-electron chi connectivity index (χ3n) is 8.92. The number of rotatable bonds is 7. The number of carbonyl (C=O) groups is 1. The molecule has 0 aliphatic heterocycles. The van der Waals surface area contributed by atoms with Gasteiger partial charge in [-0.3, -0.25) is 4.79 Å². The molecule has 0 bridgehead atoms. The van der Waals surface area contributed by atoms with Gasteiger partial charge in [0.2, 0.25) is 0 Å². The fraction of sp³-hybridized carbons (Fsp3) is 0.382. The minimum Gasteiger partial charge on any atom is -0.488 e. The predicted molar refractivity (Wildman–Crippen MR) is 152 cm³/mol. The van der Waals surface area contributed by atoms with E-state index in [1.54, 1.807) is 19.1 Å². The van der Waals surface area contributed by atoms with Gasteiger partial charge >= 0.3 is 5.97 Å². The molecule has 208 valence electrons. The van der Waals surface area contributed by atoms with Crippen LogP contribution in [0.1, 0.15) is 73.8 Å². The lowest BCUT2D eigenvalue weighted by molar-refractivity contribution is -0.159. The first-order chi connectivity index (χ1) is 19.2. The van der Waals surface area contributed by atoms with Gasteiger partial charge in [-0.15, -0.1) is 0 Å². The minimum absolute atomic E-state index is 0.0158. The van der Waals surface area contributed by atoms with Gasteiger partial charge in [0.05, 0.1) is 18.5 Å². The normalized spacial score (nSPS) is 21.9. The van der Waals surface area contributed by atoms with E-state index in [1.807, 2.05) is 36.4 Å². The lowest BCUT2D eigenvalue weighted by Gasteiger charge is -2.57. The van der Waals surface area contributed by atoms with Gasteiger partial charge in [-0.2, -0.15) is 0 Å². The molecule has 3 aromatic carbocycles. The monoisotopic (exact) mass is 543 g/mol. The van der Waals surface area contributed by atoms with E-state index >= 15 is 4.39 Å². The largest absolute Gasteiger partial charge is 0.488 e. The van der Waals surface area contributed by atoms with Gasteiger partial charge in [0.15, 0.2) is 0 Å². The van der Waals surface area contributed by atoms with E-state index in [9.17, 15) is 9.18 Å². The van der Waals surface area contributed by atoms with Crippen LogP contribution in [0.15, 0.2) is 60.7 Å². The molecule has 1 heterocycles. The Bertz CT molecular complexity index is 1580. The van der Waals surface area contributed by atoms with E-state index in [-0.39, 0.29) is 40.8 Å². The van der Waals surface area contributed by atoms with Gasteiger partial charge in [-0.25, -0.2) is 8.78 Å². The molecule has 2 aliphatic rings. The van der Waals surface area contributed by atoms with E-state index in [0.717, 1.165) is 53.5 Å². The molecule has 0 saturated heterocycles. The van der Waals surface area contributed by atoms with Crippen LogP contribution < -0.4 is 4.74 Å². The molecule has 0 atom stereocenters. The van der Waals surface area contributed by atoms with E-state index in [4.69, 9.17) is 9.47 Å². The highest BCUT2D eigenvalue weighted by Crippen LogP contribution is 2.66. The van der Waals surface area contributed by atoms with Crippen molar-refractivity contribution in [2.75, 3.05) is 7.11 Å². The van der Waals surface area contributed by atoms with Crippen molar-refractivity contribution in [2.45, 2.75) is 64.9 Å². The number of fused-ring (bicyclic) bond motifs is 1. The van der Waals surface area contributed by atoms with Crippen molar-refractivity contribution in [3.8, 4) is 11.4 Å². The Morgan fingerprint density at radius 3 is 2.40 bits per heavy atom. The molecule has 0 N–H and O–H groups in total. The second-order valence-corrected chi connectivity index (χ2v) is 12.0. The molecule has 1 aromatic heterocycles. The molecule has 1 spiro atoms. The molecule has 0 amide bonds. The highest BCUT2D eigenvalue weighted by Gasteiger charge is 2.56. The summed E-state index contributed by atoms with van der Waals surface area (Å²) in [5.41, 5.74) is 5.52. The fourth-order valence-corrected chi connectivity index (χ4v) is 7.11. The number of aromatic nitrogens is 1. The number of hydrogen-bond donors (Lipinski definition) is 0. The number of benzene rings is 3. The number of ether oxygens (including phenoxy) is 2. The van der Waals surface area contributed by atoms with Crippen molar-refractivity contribution in [3.05, 3.63) is 94.7 Å². The van der Waals surface area contributed by atoms with Gasteiger partial charge in [0.25, 0.3) is 0 Å². The standard InChI is InChI=1S/C34H35F2NO3/c1-20(2)32-30(23-15-34(16-23)17-24(18-34)33(38)39-4)31-28(37(32)26-10-11-27(36)21(3)12-26)13-25(35)14-29(31)40-19-22-8-6-5-7-9-22/h5-14,20,23-24H,15-19H2,1-4H3. The Balaban J connectivity index is 1.49. The Morgan fingerprint density at radius 2 is 1.75 bits per heavy atom. The quantitative estimate of drug-likeness (QED) is 0.220. The van der Waals surface area contributed by atoms with Gasteiger partial charge in [0.1, 0.15) is 24.0 Å². The molecule has 4 aromatic rings. The van der Waals surface area contributed by atoms with Crippen molar-refractivity contribution < 1.29 is 23.0 Å². The molecule has 0 unspecified atom stereocenters. The lowest BCUT2D eigenvalue weighted by atomic mass is 9.47. The molecule has 0 radical (unpaired) electrons. The number of nitrogens with zero attached hydrogens (tertiary/aromatic N) is 1. The van der Waals surface area contributed by atoms with Crippen LogP contribution in [-0.2, 0) is 16.1 Å². The second kappa shape index (κ2) is 10.1. The van der Waals surface area contributed by atoms with Gasteiger partial charge in [0, 0.05) is 22.8 Å². The fourth-order valence-electron chi connectivity index (χ4n) is 7.11. The van der Waals surface area contributed by atoms with Gasteiger partial charge in [-0.05, 0) is 90.8 Å². The zero-order chi connectivity index (χ0) is 28.2. The Morgan fingerprint density at radius 1 is 1.02 bits per heavy atom. The van der Waals surface area contributed by atoms with Crippen molar-refractivity contribution in [2.24, 2.45) is 11.3 Å². The van der Waals surface area contributed by atoms with Crippen LogP contribution in [0.2, 0.25) is 0 Å². The zero-order valence-electron chi connectivity index (χ0n) is 23.5. The first-order valence-corrected chi connectivity index (χ1v) is 14.1. The van der Waals surface area contributed by atoms with E-state index in [1.165, 1.54) is 24.8 Å². The van der Waals surface area contributed by atoms with Crippen LogP contribution in [0.3, 0.4) is 0 Å². The second-order valence-electron chi connectivity index (χ2n) is 12.0. The summed E-state index contributed by atoms with van der Waals surface area (Å²) >= 11 is 0. The van der Waals surface area contributed by atoms with Crippen molar-refractivity contribution >= 4 is 16.9 Å². The Kier molecular flexibility index (Phi) is 6.68. The average Bonchev–Trinajstić information content (AvgIpc) is 3.22. The molecule has 4 nitrogen and oxygen atoms in total. The maximum absolute atomic E-state index is 15.2. The summed E-state index contributed by atoms with van der Waals surface area (Å²) in [6, 6.07) is 18.0. The average molecular weight is 544 g/mol. The minimum atomic E-state index is -0.375. The van der Waals surface area contributed by atoms with Crippen molar-refractivity contribution in [1.29, 1.82) is 0 Å². The van der Waals surface area contributed by atoms with Crippen LogP contribution in [0.4, 0.5) is 8.78 Å². The molecular weight excluding hydrogens is 508 g/mol. The van der Waals surface area contributed by atoms with E-state index in [2.05, 4.69) is 18.4 Å². The summed E-state index contributed by atoms with van der Waals surface area (Å²) < 4.78 is 43.0. The maximum Gasteiger partial charge on any atom is 0.308 e. The molecule has 6 rings (SSSR count). The predicted octanol–water partition coefficient (Wildman–Crippen LogP) is 8.37. The van der Waals surface area contributed by atoms with Crippen LogP contribution in [0.5, 0.6) is 5.75 Å². The third kappa shape index (κ3) is 4.47. The number of methoxy groups -OCH3 is 1.